The number of aromatic amines is 1. The van der Waals surface area contributed by atoms with E-state index in [1.807, 2.05) is 0 Å². The van der Waals surface area contributed by atoms with Gasteiger partial charge < -0.3 is 10.3 Å². The van der Waals surface area contributed by atoms with Crippen molar-refractivity contribution >= 4 is 23.2 Å². The Hall–Kier alpha value is -2.14. The minimum Gasteiger partial charge on any atom is -0.321 e. The van der Waals surface area contributed by atoms with Gasteiger partial charge in [0.05, 0.1) is 5.02 Å². The molecule has 4 nitrogen and oxygen atoms in total. The van der Waals surface area contributed by atoms with E-state index in [-0.39, 0.29) is 16.3 Å². The van der Waals surface area contributed by atoms with Crippen LogP contribution in [0.5, 0.6) is 0 Å². The topological polar surface area (TPSA) is 62.0 Å². The van der Waals surface area contributed by atoms with Gasteiger partial charge in [0.15, 0.2) is 0 Å². The molecule has 2 N–H and O–H groups in total. The molecule has 92 valence electrons. The fraction of sp³-hybridized carbons (Fsp3) is 0. The molecular formula is C12H8ClFN2O2. The fourth-order valence-corrected chi connectivity index (χ4v) is 1.53. The number of pyridine rings is 1. The highest BCUT2D eigenvalue weighted by Crippen LogP contribution is 2.19. The molecule has 2 aromatic rings. The van der Waals surface area contributed by atoms with E-state index >= 15 is 0 Å². The largest absolute Gasteiger partial charge is 0.321 e. The van der Waals surface area contributed by atoms with Crippen LogP contribution in [0.25, 0.3) is 0 Å². The highest BCUT2D eigenvalue weighted by atomic mass is 35.5. The molecular weight excluding hydrogens is 259 g/mol. The van der Waals surface area contributed by atoms with E-state index in [1.165, 1.54) is 30.3 Å². The summed E-state index contributed by atoms with van der Waals surface area (Å²) in [6.45, 7) is 0. The Bertz CT molecular complexity index is 655. The Morgan fingerprint density at radius 2 is 2.06 bits per heavy atom. The predicted octanol–water partition coefficient (Wildman–Crippen LogP) is 2.42. The number of carbonyl (C=O) groups is 1. The van der Waals surface area contributed by atoms with Crippen molar-refractivity contribution in [1.82, 2.24) is 4.98 Å². The highest BCUT2D eigenvalue weighted by molar-refractivity contribution is 6.31. The van der Waals surface area contributed by atoms with Crippen molar-refractivity contribution in [2.45, 2.75) is 0 Å². The average Bonchev–Trinajstić information content (AvgIpc) is 2.34. The summed E-state index contributed by atoms with van der Waals surface area (Å²) in [7, 11) is 0. The summed E-state index contributed by atoms with van der Waals surface area (Å²) in [6, 6.07) is 8.03. The highest BCUT2D eigenvalue weighted by Gasteiger charge is 2.08. The third-order valence-electron chi connectivity index (χ3n) is 2.19. The van der Waals surface area contributed by atoms with Gasteiger partial charge in [-0.05, 0) is 24.3 Å². The molecule has 1 amide bonds. The summed E-state index contributed by atoms with van der Waals surface area (Å²) in [5, 5.41) is 2.40. The molecule has 0 atom stereocenters. The van der Waals surface area contributed by atoms with Crippen LogP contribution in [0.3, 0.4) is 0 Å². The summed E-state index contributed by atoms with van der Waals surface area (Å²) in [6.07, 6.45) is 0. The minimum atomic E-state index is -0.567. The van der Waals surface area contributed by atoms with E-state index in [1.54, 1.807) is 0 Å². The van der Waals surface area contributed by atoms with Gasteiger partial charge in [0.25, 0.3) is 5.91 Å². The average molecular weight is 267 g/mol. The number of hydrogen-bond donors (Lipinski definition) is 2. The van der Waals surface area contributed by atoms with Gasteiger partial charge in [-0.2, -0.15) is 0 Å². The van der Waals surface area contributed by atoms with Crippen molar-refractivity contribution in [3.8, 4) is 0 Å². The predicted molar refractivity (Wildman–Crippen MR) is 66.4 cm³/mol. The molecule has 0 radical (unpaired) electrons. The molecule has 0 fully saturated rings. The van der Waals surface area contributed by atoms with Gasteiger partial charge in [0, 0.05) is 11.8 Å². The summed E-state index contributed by atoms with van der Waals surface area (Å²) in [5.74, 6) is -1.07. The Morgan fingerprint density at radius 1 is 1.28 bits per heavy atom. The second-order valence-corrected chi connectivity index (χ2v) is 3.92. The van der Waals surface area contributed by atoms with E-state index in [4.69, 9.17) is 11.6 Å². The maximum atomic E-state index is 12.9. The lowest BCUT2D eigenvalue weighted by molar-refractivity contribution is 0.102. The van der Waals surface area contributed by atoms with Crippen LogP contribution in [-0.2, 0) is 0 Å². The summed E-state index contributed by atoms with van der Waals surface area (Å²) < 4.78 is 12.9. The molecule has 0 saturated carbocycles. The molecule has 0 aliphatic carbocycles. The van der Waals surface area contributed by atoms with Crippen LogP contribution in [0.4, 0.5) is 10.1 Å². The number of amides is 1. The Morgan fingerprint density at radius 3 is 2.72 bits per heavy atom. The zero-order chi connectivity index (χ0) is 13.1. The van der Waals surface area contributed by atoms with Crippen molar-refractivity contribution in [1.29, 1.82) is 0 Å². The number of hydrogen-bond acceptors (Lipinski definition) is 2. The number of halogens is 2. The smallest absolute Gasteiger partial charge is 0.272 e. The van der Waals surface area contributed by atoms with Crippen molar-refractivity contribution < 1.29 is 9.18 Å². The molecule has 1 heterocycles. The second kappa shape index (κ2) is 5.01. The van der Waals surface area contributed by atoms with E-state index in [2.05, 4.69) is 10.3 Å². The maximum absolute atomic E-state index is 12.9. The van der Waals surface area contributed by atoms with Crippen LogP contribution >= 0.6 is 11.6 Å². The number of rotatable bonds is 2. The van der Waals surface area contributed by atoms with Crippen LogP contribution in [-0.4, -0.2) is 10.9 Å². The molecule has 0 bridgehead atoms. The minimum absolute atomic E-state index is 0.0886. The van der Waals surface area contributed by atoms with Gasteiger partial charge in [0.2, 0.25) is 5.56 Å². The van der Waals surface area contributed by atoms with Crippen LogP contribution in [0.2, 0.25) is 5.02 Å². The molecule has 2 rings (SSSR count). The molecule has 0 aliphatic heterocycles. The van der Waals surface area contributed by atoms with E-state index in [0.717, 1.165) is 6.07 Å². The van der Waals surface area contributed by atoms with Gasteiger partial charge in [-0.25, -0.2) is 4.39 Å². The first-order chi connectivity index (χ1) is 8.56. The first kappa shape index (κ1) is 12.3. The Kier molecular flexibility index (Phi) is 3.43. The summed E-state index contributed by atoms with van der Waals surface area (Å²) in [4.78, 5) is 25.2. The van der Waals surface area contributed by atoms with Crippen LogP contribution < -0.4 is 10.9 Å². The van der Waals surface area contributed by atoms with Gasteiger partial charge >= 0.3 is 0 Å². The quantitative estimate of drug-likeness (QED) is 0.877. The standard InChI is InChI=1S/C12H8ClFN2O2/c13-8-6-7(4-5-9(8)14)15-12(18)10-2-1-3-11(17)16-10/h1-6H,(H,15,18)(H,16,17). The first-order valence-corrected chi connectivity index (χ1v) is 5.40. The molecule has 18 heavy (non-hydrogen) atoms. The van der Waals surface area contributed by atoms with E-state index < -0.39 is 11.7 Å². The lowest BCUT2D eigenvalue weighted by Gasteiger charge is -2.05. The van der Waals surface area contributed by atoms with Crippen molar-refractivity contribution in [2.75, 3.05) is 5.32 Å². The van der Waals surface area contributed by atoms with Crippen molar-refractivity contribution in [3.05, 3.63) is 63.3 Å². The van der Waals surface area contributed by atoms with Crippen molar-refractivity contribution in [3.63, 3.8) is 0 Å². The van der Waals surface area contributed by atoms with Crippen LogP contribution in [0, 0.1) is 5.82 Å². The number of aromatic nitrogens is 1. The summed E-state index contributed by atoms with van der Waals surface area (Å²) in [5.41, 5.74) is 0.0823. The van der Waals surface area contributed by atoms with E-state index in [0.29, 0.717) is 5.69 Å². The van der Waals surface area contributed by atoms with Gasteiger partial charge in [-0.15, -0.1) is 0 Å². The monoisotopic (exact) mass is 266 g/mol. The number of nitrogens with one attached hydrogen (secondary N) is 2. The number of carbonyl (C=O) groups excluding carboxylic acids is 1. The van der Waals surface area contributed by atoms with E-state index in [9.17, 15) is 14.0 Å². The molecule has 1 aromatic heterocycles. The fourth-order valence-electron chi connectivity index (χ4n) is 1.35. The molecule has 6 heteroatoms. The third-order valence-corrected chi connectivity index (χ3v) is 2.48. The third kappa shape index (κ3) is 2.75. The van der Waals surface area contributed by atoms with Gasteiger partial charge in [-0.1, -0.05) is 17.7 Å². The normalized spacial score (nSPS) is 10.1. The number of benzene rings is 1. The lowest BCUT2D eigenvalue weighted by atomic mass is 10.3. The van der Waals surface area contributed by atoms with Gasteiger partial charge in [-0.3, -0.25) is 9.59 Å². The second-order valence-electron chi connectivity index (χ2n) is 3.51. The van der Waals surface area contributed by atoms with Crippen molar-refractivity contribution in [2.24, 2.45) is 0 Å². The SMILES string of the molecule is O=C(Nc1ccc(F)c(Cl)c1)c1cccc(=O)[nH]1. The lowest BCUT2D eigenvalue weighted by Crippen LogP contribution is -2.17. The molecule has 0 saturated heterocycles. The van der Waals surface area contributed by atoms with Gasteiger partial charge in [0.1, 0.15) is 11.5 Å². The number of anilines is 1. The Balaban J connectivity index is 2.21. The van der Waals surface area contributed by atoms with Crippen LogP contribution in [0.15, 0.2) is 41.2 Å². The Labute approximate surface area is 106 Å². The molecule has 1 aromatic carbocycles. The maximum Gasteiger partial charge on any atom is 0.272 e. The zero-order valence-corrected chi connectivity index (χ0v) is 9.79. The molecule has 0 spiro atoms. The molecule has 0 aliphatic rings. The first-order valence-electron chi connectivity index (χ1n) is 5.02. The summed E-state index contributed by atoms with van der Waals surface area (Å²) >= 11 is 5.58. The molecule has 0 unspecified atom stereocenters. The number of H-pyrrole nitrogens is 1. The zero-order valence-electron chi connectivity index (χ0n) is 9.04. The van der Waals surface area contributed by atoms with Crippen LogP contribution in [0.1, 0.15) is 10.5 Å².